The van der Waals surface area contributed by atoms with Gasteiger partial charge in [-0.2, -0.15) is 4.98 Å². The van der Waals surface area contributed by atoms with Crippen LogP contribution in [0.5, 0.6) is 0 Å². The lowest BCUT2D eigenvalue weighted by molar-refractivity contribution is -0.137. The molecule has 1 saturated carbocycles. The van der Waals surface area contributed by atoms with Crippen LogP contribution in [-0.4, -0.2) is 55.3 Å². The molecule has 1 amide bonds. The Morgan fingerprint density at radius 3 is 2.71 bits per heavy atom. The highest BCUT2D eigenvalue weighted by atomic mass is 16.4. The topological polar surface area (TPSA) is 193 Å². The molecule has 12 nitrogen and oxygen atoms in total. The van der Waals surface area contributed by atoms with Crippen molar-refractivity contribution in [2.75, 3.05) is 5.73 Å². The molecular weight excluding hydrogens is 406 g/mol. The highest BCUT2D eigenvalue weighted by Crippen LogP contribution is 2.25. The van der Waals surface area contributed by atoms with E-state index in [1.807, 2.05) is 0 Å². The predicted octanol–water partition coefficient (Wildman–Crippen LogP) is -0.508. The summed E-state index contributed by atoms with van der Waals surface area (Å²) in [6.45, 7) is 0.413. The minimum atomic E-state index is -1.01. The lowest BCUT2D eigenvalue weighted by Crippen LogP contribution is -2.43. The Morgan fingerprint density at radius 1 is 1.29 bits per heavy atom. The number of hydrogen-bond acceptors (Lipinski definition) is 9. The lowest BCUT2D eigenvalue weighted by Gasteiger charge is -2.29. The number of aliphatic carboxylic acids is 1. The third kappa shape index (κ3) is 6.04. The van der Waals surface area contributed by atoms with Gasteiger partial charge in [-0.15, -0.1) is 0 Å². The molecule has 0 spiro atoms. The summed E-state index contributed by atoms with van der Waals surface area (Å²) in [6.07, 6.45) is 4.86. The van der Waals surface area contributed by atoms with Crippen molar-refractivity contribution in [1.29, 1.82) is 0 Å². The van der Waals surface area contributed by atoms with Gasteiger partial charge < -0.3 is 26.3 Å². The number of carbonyl (C=O) groups excluding carboxylic acids is 2. The molecule has 1 unspecified atom stereocenters. The minimum absolute atomic E-state index is 0.0141. The van der Waals surface area contributed by atoms with E-state index in [4.69, 9.17) is 10.8 Å². The van der Waals surface area contributed by atoms with Crippen LogP contribution in [0.15, 0.2) is 11.0 Å². The van der Waals surface area contributed by atoms with Gasteiger partial charge in [0.05, 0.1) is 17.9 Å². The fourth-order valence-electron chi connectivity index (χ4n) is 3.62. The molecule has 6 N–H and O–H groups in total. The molecule has 0 saturated heterocycles. The van der Waals surface area contributed by atoms with E-state index >= 15 is 0 Å². The van der Waals surface area contributed by atoms with Crippen LogP contribution in [0.1, 0.15) is 44.2 Å². The van der Waals surface area contributed by atoms with E-state index in [0.29, 0.717) is 31.4 Å². The van der Waals surface area contributed by atoms with Gasteiger partial charge in [-0.05, 0) is 32.1 Å². The van der Waals surface area contributed by atoms with Crippen LogP contribution in [0.2, 0.25) is 0 Å². The standard InChI is InChI=1S/C19H25N7O5/c20-19-25-16-15(18(31)26-19)23-13(8-22-16)7-21-11-3-1-10(2-4-11)17(30)24-12(9-27)5-6-14(28)29/h8-12,21H,1-7H2,(H,24,30)(H,28,29)(H3,20,22,25,26,31). The molecule has 2 aromatic rings. The van der Waals surface area contributed by atoms with Crippen molar-refractivity contribution in [2.24, 2.45) is 5.92 Å². The molecule has 0 aliphatic heterocycles. The number of carboxylic acid groups (broad SMARTS) is 1. The Hall–Kier alpha value is -3.41. The predicted molar refractivity (Wildman–Crippen MR) is 110 cm³/mol. The van der Waals surface area contributed by atoms with Crippen LogP contribution < -0.4 is 21.9 Å². The highest BCUT2D eigenvalue weighted by Gasteiger charge is 2.27. The SMILES string of the molecule is Nc1nc2ncc(CNC3CCC(C(=O)NC(C=O)CCC(=O)O)CC3)nc2c(=O)[nH]1. The molecule has 1 aliphatic carbocycles. The number of H-pyrrole nitrogens is 1. The maximum Gasteiger partial charge on any atom is 0.303 e. The Labute approximate surface area is 177 Å². The normalized spacial score (nSPS) is 19.6. The summed E-state index contributed by atoms with van der Waals surface area (Å²) in [5.41, 5.74) is 5.96. The second-order valence-corrected chi connectivity index (χ2v) is 7.60. The van der Waals surface area contributed by atoms with Crippen molar-refractivity contribution in [1.82, 2.24) is 30.6 Å². The molecule has 0 radical (unpaired) electrons. The van der Waals surface area contributed by atoms with Crippen molar-refractivity contribution in [2.45, 2.75) is 57.2 Å². The van der Waals surface area contributed by atoms with Crippen molar-refractivity contribution < 1.29 is 19.5 Å². The number of nitrogens with zero attached hydrogens (tertiary/aromatic N) is 3. The summed E-state index contributed by atoms with van der Waals surface area (Å²) in [4.78, 5) is 60.8. The zero-order chi connectivity index (χ0) is 22.4. The molecule has 2 aromatic heterocycles. The maximum atomic E-state index is 12.4. The first-order valence-corrected chi connectivity index (χ1v) is 10.1. The molecule has 1 fully saturated rings. The van der Waals surface area contributed by atoms with E-state index in [-0.39, 0.29) is 47.8 Å². The van der Waals surface area contributed by atoms with Crippen molar-refractivity contribution in [3.8, 4) is 0 Å². The number of carbonyl (C=O) groups is 3. The summed E-state index contributed by atoms with van der Waals surface area (Å²) in [6, 6.07) is -0.600. The van der Waals surface area contributed by atoms with Gasteiger partial charge >= 0.3 is 5.97 Å². The fourth-order valence-corrected chi connectivity index (χ4v) is 3.62. The van der Waals surface area contributed by atoms with Crippen molar-refractivity contribution in [3.05, 3.63) is 22.2 Å². The van der Waals surface area contributed by atoms with Gasteiger partial charge in [-0.25, -0.2) is 9.97 Å². The molecule has 0 aromatic carbocycles. The number of rotatable bonds is 9. The first-order valence-electron chi connectivity index (χ1n) is 10.1. The molecular formula is C19H25N7O5. The van der Waals surface area contributed by atoms with E-state index < -0.39 is 17.6 Å². The summed E-state index contributed by atoms with van der Waals surface area (Å²) >= 11 is 0. The Bertz CT molecular complexity index is 1020. The zero-order valence-corrected chi connectivity index (χ0v) is 16.8. The Balaban J connectivity index is 1.47. The highest BCUT2D eigenvalue weighted by molar-refractivity contribution is 5.82. The lowest BCUT2D eigenvalue weighted by atomic mass is 9.85. The fraction of sp³-hybridized carbons (Fsp3) is 0.526. The summed E-state index contributed by atoms with van der Waals surface area (Å²) in [5, 5.41) is 14.7. The third-order valence-corrected chi connectivity index (χ3v) is 5.32. The number of fused-ring (bicyclic) bond motifs is 1. The van der Waals surface area contributed by atoms with E-state index in [0.717, 1.165) is 12.8 Å². The first kappa shape index (κ1) is 22.3. The number of carboxylic acids is 1. The molecule has 0 bridgehead atoms. The monoisotopic (exact) mass is 431 g/mol. The largest absolute Gasteiger partial charge is 0.481 e. The van der Waals surface area contributed by atoms with E-state index in [1.165, 1.54) is 6.20 Å². The van der Waals surface area contributed by atoms with E-state index in [2.05, 4.69) is 30.6 Å². The van der Waals surface area contributed by atoms with Gasteiger partial charge in [0.1, 0.15) is 6.29 Å². The number of aromatic nitrogens is 4. The number of nitrogens with two attached hydrogens (primary N) is 1. The second-order valence-electron chi connectivity index (χ2n) is 7.60. The van der Waals surface area contributed by atoms with Gasteiger partial charge in [0.2, 0.25) is 11.9 Å². The van der Waals surface area contributed by atoms with E-state index in [1.54, 1.807) is 0 Å². The van der Waals surface area contributed by atoms with Crippen LogP contribution in [0, 0.1) is 5.92 Å². The second kappa shape index (κ2) is 10.1. The van der Waals surface area contributed by atoms with Crippen LogP contribution in [-0.2, 0) is 20.9 Å². The zero-order valence-electron chi connectivity index (χ0n) is 16.8. The number of aldehydes is 1. The van der Waals surface area contributed by atoms with Gasteiger partial charge in [0, 0.05) is 24.9 Å². The Kier molecular flexibility index (Phi) is 7.23. The van der Waals surface area contributed by atoms with Crippen LogP contribution in [0.3, 0.4) is 0 Å². The van der Waals surface area contributed by atoms with E-state index in [9.17, 15) is 19.2 Å². The molecule has 166 valence electrons. The first-order chi connectivity index (χ1) is 14.9. The quantitative estimate of drug-likeness (QED) is 0.323. The van der Waals surface area contributed by atoms with Gasteiger partial charge in [-0.1, -0.05) is 0 Å². The smallest absolute Gasteiger partial charge is 0.303 e. The maximum absolute atomic E-state index is 12.4. The van der Waals surface area contributed by atoms with Crippen LogP contribution in [0.25, 0.3) is 11.2 Å². The van der Waals surface area contributed by atoms with Crippen molar-refractivity contribution in [3.63, 3.8) is 0 Å². The number of nitrogen functional groups attached to an aromatic ring is 1. The summed E-state index contributed by atoms with van der Waals surface area (Å²) in [5.74, 6) is -1.44. The molecule has 3 rings (SSSR count). The molecule has 31 heavy (non-hydrogen) atoms. The number of nitrogens with one attached hydrogen (secondary N) is 3. The van der Waals surface area contributed by atoms with Gasteiger partial charge in [-0.3, -0.25) is 19.4 Å². The molecule has 1 atom stereocenters. The minimum Gasteiger partial charge on any atom is -0.481 e. The molecule has 12 heteroatoms. The van der Waals surface area contributed by atoms with Crippen LogP contribution >= 0.6 is 0 Å². The number of hydrogen-bond donors (Lipinski definition) is 5. The molecule has 1 aliphatic rings. The number of anilines is 1. The average Bonchev–Trinajstić information content (AvgIpc) is 2.75. The summed E-state index contributed by atoms with van der Waals surface area (Å²) in [7, 11) is 0. The molecule has 2 heterocycles. The number of amides is 1. The summed E-state index contributed by atoms with van der Waals surface area (Å²) < 4.78 is 0. The van der Waals surface area contributed by atoms with Crippen LogP contribution in [0.4, 0.5) is 5.95 Å². The van der Waals surface area contributed by atoms with Crippen molar-refractivity contribution >= 4 is 35.3 Å². The number of aromatic amines is 1. The third-order valence-electron chi connectivity index (χ3n) is 5.32. The van der Waals surface area contributed by atoms with Gasteiger partial charge in [0.25, 0.3) is 5.56 Å². The van der Waals surface area contributed by atoms with Gasteiger partial charge in [0.15, 0.2) is 11.2 Å². The Morgan fingerprint density at radius 2 is 2.03 bits per heavy atom. The average molecular weight is 431 g/mol.